The maximum Gasteiger partial charge on any atom is 0.164 e. The molecule has 0 aliphatic carbocycles. The van der Waals surface area contributed by atoms with Crippen LogP contribution in [0, 0.1) is 13.8 Å². The summed E-state index contributed by atoms with van der Waals surface area (Å²) in [6.07, 6.45) is 0. The third-order valence-electron chi connectivity index (χ3n) is 3.13. The van der Waals surface area contributed by atoms with Gasteiger partial charge in [-0.15, -0.1) is 5.10 Å². The summed E-state index contributed by atoms with van der Waals surface area (Å²) in [4.78, 5) is 8.95. The van der Waals surface area contributed by atoms with Crippen LogP contribution in [0.2, 0.25) is 0 Å². The van der Waals surface area contributed by atoms with Crippen molar-refractivity contribution in [1.82, 2.24) is 25.0 Å². The first-order valence-corrected chi connectivity index (χ1v) is 6.60. The van der Waals surface area contributed by atoms with E-state index in [-0.39, 0.29) is 0 Å². The Morgan fingerprint density at radius 3 is 2.75 bits per heavy atom. The van der Waals surface area contributed by atoms with Crippen LogP contribution in [-0.4, -0.2) is 31.5 Å². The number of para-hydroxylation sites is 1. The van der Waals surface area contributed by atoms with E-state index in [4.69, 9.17) is 0 Å². The summed E-state index contributed by atoms with van der Waals surface area (Å²) in [5.74, 6) is 2.32. The number of anilines is 1. The largest absolute Gasteiger partial charge is 0.370 e. The minimum absolute atomic E-state index is 0.709. The summed E-state index contributed by atoms with van der Waals surface area (Å²) in [6, 6.07) is 7.84. The average Bonchev–Trinajstić information content (AvgIpc) is 2.86. The van der Waals surface area contributed by atoms with E-state index >= 15 is 0 Å². The fourth-order valence-electron chi connectivity index (χ4n) is 2.18. The quantitative estimate of drug-likeness (QED) is 0.789. The van der Waals surface area contributed by atoms with Gasteiger partial charge in [0.25, 0.3) is 0 Å². The Bertz CT molecular complexity index is 761. The van der Waals surface area contributed by atoms with Crippen molar-refractivity contribution in [1.29, 1.82) is 0 Å². The number of nitrogens with zero attached hydrogens (tertiary/aromatic N) is 5. The highest BCUT2D eigenvalue weighted by Crippen LogP contribution is 2.21. The average molecular weight is 268 g/mol. The number of hydrogen-bond acceptors (Lipinski definition) is 5. The molecule has 0 aliphatic rings. The fraction of sp³-hybridized carbons (Fsp3) is 0.286. The molecule has 0 fully saturated rings. The Balaban J connectivity index is 2.23. The Kier molecular flexibility index (Phi) is 3.06. The molecule has 1 aromatic carbocycles. The number of aromatic nitrogens is 5. The van der Waals surface area contributed by atoms with Gasteiger partial charge in [-0.2, -0.15) is 4.68 Å². The first kappa shape index (κ1) is 12.5. The second-order valence-electron chi connectivity index (χ2n) is 4.59. The van der Waals surface area contributed by atoms with Gasteiger partial charge in [-0.3, -0.25) is 0 Å². The SMILES string of the molecule is CCNc1nc(C)nc(-n2nnc3ccccc32)c1C. The molecule has 0 radical (unpaired) electrons. The smallest absolute Gasteiger partial charge is 0.164 e. The topological polar surface area (TPSA) is 68.5 Å². The number of aryl methyl sites for hydroxylation is 1. The highest BCUT2D eigenvalue weighted by Gasteiger charge is 2.14. The molecular weight excluding hydrogens is 252 g/mol. The second kappa shape index (κ2) is 4.88. The molecule has 1 N–H and O–H groups in total. The molecule has 20 heavy (non-hydrogen) atoms. The predicted molar refractivity (Wildman–Crippen MR) is 78.1 cm³/mol. The molecular formula is C14H16N6. The normalized spacial score (nSPS) is 10.9. The van der Waals surface area contributed by atoms with Gasteiger partial charge in [-0.1, -0.05) is 17.3 Å². The van der Waals surface area contributed by atoms with Crippen molar-refractivity contribution in [3.8, 4) is 5.82 Å². The summed E-state index contributed by atoms with van der Waals surface area (Å²) in [6.45, 7) is 6.72. The minimum atomic E-state index is 0.709. The van der Waals surface area contributed by atoms with Crippen LogP contribution in [0.15, 0.2) is 24.3 Å². The molecule has 0 saturated heterocycles. The molecule has 102 valence electrons. The van der Waals surface area contributed by atoms with Crippen molar-refractivity contribution in [2.24, 2.45) is 0 Å². The van der Waals surface area contributed by atoms with Gasteiger partial charge in [-0.05, 0) is 32.9 Å². The van der Waals surface area contributed by atoms with Crippen LogP contribution in [0.5, 0.6) is 0 Å². The Morgan fingerprint density at radius 1 is 1.15 bits per heavy atom. The van der Waals surface area contributed by atoms with Gasteiger partial charge in [0, 0.05) is 12.1 Å². The van der Waals surface area contributed by atoms with Crippen LogP contribution in [0.1, 0.15) is 18.3 Å². The van der Waals surface area contributed by atoms with Crippen molar-refractivity contribution >= 4 is 16.9 Å². The Labute approximate surface area is 116 Å². The second-order valence-corrected chi connectivity index (χ2v) is 4.59. The van der Waals surface area contributed by atoms with Gasteiger partial charge >= 0.3 is 0 Å². The first-order valence-electron chi connectivity index (χ1n) is 6.60. The van der Waals surface area contributed by atoms with E-state index in [1.165, 1.54) is 0 Å². The molecule has 6 heteroatoms. The van der Waals surface area contributed by atoms with Gasteiger partial charge in [0.2, 0.25) is 0 Å². The van der Waals surface area contributed by atoms with Gasteiger partial charge in [-0.25, -0.2) is 9.97 Å². The lowest BCUT2D eigenvalue weighted by Gasteiger charge is -2.11. The zero-order valence-electron chi connectivity index (χ0n) is 11.8. The van der Waals surface area contributed by atoms with Crippen molar-refractivity contribution in [2.75, 3.05) is 11.9 Å². The van der Waals surface area contributed by atoms with E-state index in [2.05, 4.69) is 25.6 Å². The van der Waals surface area contributed by atoms with E-state index in [1.54, 1.807) is 4.68 Å². The number of hydrogen-bond donors (Lipinski definition) is 1. The van der Waals surface area contributed by atoms with Crippen LogP contribution >= 0.6 is 0 Å². The number of rotatable bonds is 3. The molecule has 0 aliphatic heterocycles. The molecule has 2 heterocycles. The monoisotopic (exact) mass is 268 g/mol. The van der Waals surface area contributed by atoms with Crippen LogP contribution < -0.4 is 5.32 Å². The van der Waals surface area contributed by atoms with Crippen molar-refractivity contribution in [3.05, 3.63) is 35.7 Å². The van der Waals surface area contributed by atoms with Gasteiger partial charge < -0.3 is 5.32 Å². The summed E-state index contributed by atoms with van der Waals surface area (Å²) < 4.78 is 1.76. The van der Waals surface area contributed by atoms with Crippen LogP contribution in [0.25, 0.3) is 16.9 Å². The van der Waals surface area contributed by atoms with E-state index in [9.17, 15) is 0 Å². The van der Waals surface area contributed by atoms with E-state index in [0.717, 1.165) is 34.8 Å². The highest BCUT2D eigenvalue weighted by molar-refractivity contribution is 5.76. The molecule has 0 atom stereocenters. The van der Waals surface area contributed by atoms with Crippen LogP contribution in [0.4, 0.5) is 5.82 Å². The molecule has 0 spiro atoms. The lowest BCUT2D eigenvalue weighted by Crippen LogP contribution is -2.10. The molecule has 2 aromatic heterocycles. The lowest BCUT2D eigenvalue weighted by atomic mass is 10.2. The molecule has 0 amide bonds. The standard InChI is InChI=1S/C14H16N6/c1-4-15-13-9(2)14(17-10(3)16-13)20-12-8-6-5-7-11(12)18-19-20/h5-8H,4H2,1-3H3,(H,15,16,17). The summed E-state index contributed by atoms with van der Waals surface area (Å²) in [5, 5.41) is 11.6. The summed E-state index contributed by atoms with van der Waals surface area (Å²) in [7, 11) is 0. The van der Waals surface area contributed by atoms with Crippen molar-refractivity contribution < 1.29 is 0 Å². The summed E-state index contributed by atoms with van der Waals surface area (Å²) >= 11 is 0. The molecule has 6 nitrogen and oxygen atoms in total. The molecule has 0 unspecified atom stereocenters. The van der Waals surface area contributed by atoms with Crippen molar-refractivity contribution in [3.63, 3.8) is 0 Å². The Morgan fingerprint density at radius 2 is 1.95 bits per heavy atom. The van der Waals surface area contributed by atoms with E-state index in [0.29, 0.717) is 5.82 Å². The fourth-order valence-corrected chi connectivity index (χ4v) is 2.18. The third kappa shape index (κ3) is 1.99. The first-order chi connectivity index (χ1) is 9.70. The number of benzene rings is 1. The van der Waals surface area contributed by atoms with Gasteiger partial charge in [0.1, 0.15) is 17.2 Å². The van der Waals surface area contributed by atoms with Gasteiger partial charge in [0.05, 0.1) is 5.52 Å². The maximum absolute atomic E-state index is 4.52. The number of nitrogens with one attached hydrogen (secondary N) is 1. The summed E-state index contributed by atoms with van der Waals surface area (Å²) in [5.41, 5.74) is 2.76. The van der Waals surface area contributed by atoms with E-state index in [1.807, 2.05) is 45.0 Å². The van der Waals surface area contributed by atoms with E-state index < -0.39 is 0 Å². The molecule has 0 saturated carbocycles. The minimum Gasteiger partial charge on any atom is -0.370 e. The maximum atomic E-state index is 4.52. The predicted octanol–water partition coefficient (Wildman–Crippen LogP) is 2.26. The molecule has 3 aromatic rings. The highest BCUT2D eigenvalue weighted by atomic mass is 15.4. The zero-order valence-corrected chi connectivity index (χ0v) is 11.8. The Hall–Kier alpha value is -2.50. The molecule has 0 bridgehead atoms. The third-order valence-corrected chi connectivity index (χ3v) is 3.13. The van der Waals surface area contributed by atoms with Crippen molar-refractivity contribution in [2.45, 2.75) is 20.8 Å². The van der Waals surface area contributed by atoms with Gasteiger partial charge in [0.15, 0.2) is 5.82 Å². The lowest BCUT2D eigenvalue weighted by molar-refractivity contribution is 0.783. The van der Waals surface area contributed by atoms with Crippen LogP contribution in [0.3, 0.4) is 0 Å². The molecule has 3 rings (SSSR count). The number of fused-ring (bicyclic) bond motifs is 1. The zero-order chi connectivity index (χ0) is 14.1. The van der Waals surface area contributed by atoms with Crippen LogP contribution in [-0.2, 0) is 0 Å².